The highest BCUT2D eigenvalue weighted by Gasteiger charge is 2.66. The Labute approximate surface area is 139 Å². The number of hydrogen-bond acceptors (Lipinski definition) is 4. The second-order valence-electron chi connectivity index (χ2n) is 5.42. The molecule has 0 saturated heterocycles. The van der Waals surface area contributed by atoms with Gasteiger partial charge in [-0.1, -0.05) is 31.9 Å². The molecular formula is C14H14Br2N2O3. The molecule has 1 aromatic rings. The molecular weight excluding hydrogens is 404 g/mol. The molecule has 1 aliphatic heterocycles. The van der Waals surface area contributed by atoms with Crippen LogP contribution >= 0.6 is 31.9 Å². The smallest absolute Gasteiger partial charge is 0.248 e. The first-order chi connectivity index (χ1) is 9.83. The predicted molar refractivity (Wildman–Crippen MR) is 86.2 cm³/mol. The number of hydrazone groups is 1. The molecule has 1 atom stereocenters. The van der Waals surface area contributed by atoms with Gasteiger partial charge in [0.25, 0.3) is 0 Å². The molecule has 1 aromatic carbocycles. The number of carbonyl (C=O) groups excluding carboxylic acids is 1. The van der Waals surface area contributed by atoms with E-state index in [9.17, 15) is 4.79 Å². The Morgan fingerprint density at radius 1 is 1.33 bits per heavy atom. The lowest BCUT2D eigenvalue weighted by molar-refractivity contribution is -0.125. The molecule has 1 saturated carbocycles. The van der Waals surface area contributed by atoms with Gasteiger partial charge in [0.1, 0.15) is 0 Å². The fourth-order valence-corrected chi connectivity index (χ4v) is 3.57. The second-order valence-corrected chi connectivity index (χ2v) is 9.19. The van der Waals surface area contributed by atoms with Crippen molar-refractivity contribution in [3.8, 4) is 11.5 Å². The number of nitrogens with one attached hydrogen (secondary N) is 1. The van der Waals surface area contributed by atoms with E-state index in [4.69, 9.17) is 9.47 Å². The molecule has 1 heterocycles. The second kappa shape index (κ2) is 4.98. The first-order valence-electron chi connectivity index (χ1n) is 6.46. The number of fused-ring (bicyclic) bond motifs is 1. The normalized spacial score (nSPS) is 25.6. The Balaban J connectivity index is 1.71. The van der Waals surface area contributed by atoms with Crippen molar-refractivity contribution >= 4 is 43.5 Å². The van der Waals surface area contributed by atoms with Gasteiger partial charge in [-0.3, -0.25) is 4.79 Å². The molecule has 0 aromatic heterocycles. The highest BCUT2D eigenvalue weighted by atomic mass is 79.9. The van der Waals surface area contributed by atoms with Gasteiger partial charge >= 0.3 is 0 Å². The first-order valence-corrected chi connectivity index (χ1v) is 8.05. The van der Waals surface area contributed by atoms with Crippen LogP contribution in [0.3, 0.4) is 0 Å². The third-order valence-electron chi connectivity index (χ3n) is 3.87. The van der Waals surface area contributed by atoms with Crippen molar-refractivity contribution in [1.82, 2.24) is 5.43 Å². The van der Waals surface area contributed by atoms with Crippen LogP contribution in [0.5, 0.6) is 11.5 Å². The lowest BCUT2D eigenvalue weighted by Gasteiger charge is -2.10. The SMILES string of the molecule is C/C(=N\NC(=O)C1(C)CC1(Br)Br)c1ccc2c(c1)OCO2. The minimum Gasteiger partial charge on any atom is -0.454 e. The summed E-state index contributed by atoms with van der Waals surface area (Å²) < 4.78 is 10.3. The number of hydrogen-bond donors (Lipinski definition) is 1. The van der Waals surface area contributed by atoms with Crippen molar-refractivity contribution in [1.29, 1.82) is 0 Å². The van der Waals surface area contributed by atoms with Crippen LogP contribution in [-0.2, 0) is 4.79 Å². The number of amides is 1. The minimum absolute atomic E-state index is 0.114. The van der Waals surface area contributed by atoms with Gasteiger partial charge in [-0.25, -0.2) is 5.43 Å². The van der Waals surface area contributed by atoms with Gasteiger partial charge in [-0.05, 0) is 38.5 Å². The van der Waals surface area contributed by atoms with E-state index in [2.05, 4.69) is 42.4 Å². The zero-order valence-electron chi connectivity index (χ0n) is 11.6. The molecule has 0 radical (unpaired) electrons. The molecule has 1 unspecified atom stereocenters. The van der Waals surface area contributed by atoms with E-state index in [0.717, 1.165) is 17.7 Å². The number of ether oxygens (including phenoxy) is 2. The van der Waals surface area contributed by atoms with Gasteiger partial charge in [0.2, 0.25) is 12.7 Å². The Kier molecular flexibility index (Phi) is 3.52. The summed E-state index contributed by atoms with van der Waals surface area (Å²) in [5.41, 5.74) is 3.73. The van der Waals surface area contributed by atoms with Crippen LogP contribution in [0.2, 0.25) is 0 Å². The largest absolute Gasteiger partial charge is 0.454 e. The molecule has 7 heteroatoms. The Bertz CT molecular complexity index is 645. The quantitative estimate of drug-likeness (QED) is 0.466. The summed E-state index contributed by atoms with van der Waals surface area (Å²) >= 11 is 6.94. The third-order valence-corrected chi connectivity index (χ3v) is 6.19. The third kappa shape index (κ3) is 2.57. The van der Waals surface area contributed by atoms with Crippen molar-refractivity contribution in [3.05, 3.63) is 23.8 Å². The van der Waals surface area contributed by atoms with E-state index >= 15 is 0 Å². The van der Waals surface area contributed by atoms with E-state index in [1.54, 1.807) is 0 Å². The lowest BCUT2D eigenvalue weighted by Crippen LogP contribution is -2.30. The number of halogens is 2. The van der Waals surface area contributed by atoms with Crippen molar-refractivity contribution in [2.75, 3.05) is 6.79 Å². The van der Waals surface area contributed by atoms with Crippen LogP contribution in [0.4, 0.5) is 0 Å². The molecule has 112 valence electrons. The van der Waals surface area contributed by atoms with E-state index in [-0.39, 0.29) is 15.9 Å². The van der Waals surface area contributed by atoms with E-state index in [0.29, 0.717) is 11.5 Å². The Morgan fingerprint density at radius 2 is 2.00 bits per heavy atom. The van der Waals surface area contributed by atoms with Crippen LogP contribution < -0.4 is 14.9 Å². The molecule has 0 spiro atoms. The summed E-state index contributed by atoms with van der Waals surface area (Å²) in [5.74, 6) is 1.31. The maximum Gasteiger partial charge on any atom is 0.248 e. The number of alkyl halides is 2. The zero-order chi connectivity index (χ0) is 15.3. The maximum absolute atomic E-state index is 12.1. The number of carbonyl (C=O) groups is 1. The van der Waals surface area contributed by atoms with Gasteiger partial charge in [-0.2, -0.15) is 5.10 Å². The number of benzene rings is 1. The number of nitrogens with zero attached hydrogens (tertiary/aromatic N) is 1. The van der Waals surface area contributed by atoms with E-state index in [1.165, 1.54) is 0 Å². The van der Waals surface area contributed by atoms with Crippen LogP contribution in [-0.4, -0.2) is 21.6 Å². The Morgan fingerprint density at radius 3 is 2.67 bits per heavy atom. The molecule has 0 bridgehead atoms. The fourth-order valence-electron chi connectivity index (χ4n) is 2.09. The monoisotopic (exact) mass is 416 g/mol. The fraction of sp³-hybridized carbons (Fsp3) is 0.429. The van der Waals surface area contributed by atoms with Gasteiger partial charge in [0.15, 0.2) is 11.5 Å². The van der Waals surface area contributed by atoms with Crippen molar-refractivity contribution in [2.24, 2.45) is 10.5 Å². The molecule has 1 aliphatic carbocycles. The van der Waals surface area contributed by atoms with Crippen LogP contribution in [0.1, 0.15) is 25.8 Å². The predicted octanol–water partition coefficient (Wildman–Crippen LogP) is 3.15. The number of rotatable bonds is 3. The molecule has 5 nitrogen and oxygen atoms in total. The standard InChI is InChI=1S/C14H14Br2N2O3/c1-8(9-3-4-10-11(5-9)21-7-20-10)17-18-12(19)13(2)6-14(13,15)16/h3-5H,6-7H2,1-2H3,(H,18,19)/b17-8+. The summed E-state index contributed by atoms with van der Waals surface area (Å²) in [4.78, 5) is 12.1. The van der Waals surface area contributed by atoms with Gasteiger partial charge in [0.05, 0.1) is 14.4 Å². The van der Waals surface area contributed by atoms with E-state index < -0.39 is 5.41 Å². The summed E-state index contributed by atoms with van der Waals surface area (Å²) in [6.07, 6.45) is 0.727. The van der Waals surface area contributed by atoms with Gasteiger partial charge in [0, 0.05) is 5.56 Å². The van der Waals surface area contributed by atoms with Crippen molar-refractivity contribution < 1.29 is 14.3 Å². The van der Waals surface area contributed by atoms with E-state index in [1.807, 2.05) is 32.0 Å². The van der Waals surface area contributed by atoms with Crippen LogP contribution in [0.15, 0.2) is 23.3 Å². The molecule has 21 heavy (non-hydrogen) atoms. The summed E-state index contributed by atoms with van der Waals surface area (Å²) in [6, 6.07) is 5.57. The summed E-state index contributed by atoms with van der Waals surface area (Å²) in [6.45, 7) is 3.96. The molecule has 1 N–H and O–H groups in total. The highest BCUT2D eigenvalue weighted by Crippen LogP contribution is 2.66. The average molecular weight is 418 g/mol. The molecule has 2 aliphatic rings. The topological polar surface area (TPSA) is 59.9 Å². The van der Waals surface area contributed by atoms with Gasteiger partial charge < -0.3 is 9.47 Å². The van der Waals surface area contributed by atoms with Crippen LogP contribution in [0, 0.1) is 5.41 Å². The zero-order valence-corrected chi connectivity index (χ0v) is 14.7. The lowest BCUT2D eigenvalue weighted by atomic mass is 10.1. The minimum atomic E-state index is -0.480. The first kappa shape index (κ1) is 14.8. The Hall–Kier alpha value is -1.08. The average Bonchev–Trinajstić information content (AvgIpc) is 2.79. The summed E-state index contributed by atoms with van der Waals surface area (Å²) in [5, 5.41) is 4.17. The van der Waals surface area contributed by atoms with Gasteiger partial charge in [-0.15, -0.1) is 0 Å². The molecule has 3 rings (SSSR count). The molecule has 1 fully saturated rings. The molecule has 1 amide bonds. The van der Waals surface area contributed by atoms with Crippen molar-refractivity contribution in [3.63, 3.8) is 0 Å². The maximum atomic E-state index is 12.1. The van der Waals surface area contributed by atoms with Crippen molar-refractivity contribution in [2.45, 2.75) is 23.5 Å². The highest BCUT2D eigenvalue weighted by molar-refractivity contribution is 9.25. The summed E-state index contributed by atoms with van der Waals surface area (Å²) in [7, 11) is 0. The van der Waals surface area contributed by atoms with Crippen LogP contribution in [0.25, 0.3) is 0 Å².